The summed E-state index contributed by atoms with van der Waals surface area (Å²) in [5, 5.41) is 0. The molecule has 0 amide bonds. The van der Waals surface area contributed by atoms with Crippen LogP contribution in [-0.2, 0) is 0 Å². The van der Waals surface area contributed by atoms with Crippen LogP contribution in [0.25, 0.3) is 0 Å². The first-order chi connectivity index (χ1) is 6.50. The molecule has 0 bridgehead atoms. The highest BCUT2D eigenvalue weighted by atomic mass is 35.5. The quantitative estimate of drug-likeness (QED) is 0.854. The average Bonchev–Trinajstić information content (AvgIpc) is 2.08. The van der Waals surface area contributed by atoms with E-state index in [0.717, 1.165) is 12.1 Å². The van der Waals surface area contributed by atoms with Crippen molar-refractivity contribution < 1.29 is 8.78 Å². The summed E-state index contributed by atoms with van der Waals surface area (Å²) in [5.74, 6) is -0.507. The maximum Gasteiger partial charge on any atom is 0.128 e. The van der Waals surface area contributed by atoms with Crippen molar-refractivity contribution in [2.75, 3.05) is 0 Å². The molecule has 0 saturated heterocycles. The molecule has 1 aromatic rings. The van der Waals surface area contributed by atoms with Crippen LogP contribution in [-0.4, -0.2) is 0 Å². The van der Waals surface area contributed by atoms with Crippen molar-refractivity contribution in [2.24, 2.45) is 11.7 Å². The van der Waals surface area contributed by atoms with Gasteiger partial charge in [-0.3, -0.25) is 0 Å². The van der Waals surface area contributed by atoms with Crippen molar-refractivity contribution in [1.29, 1.82) is 0 Å². The minimum Gasteiger partial charge on any atom is -0.324 e. The molecular weight excluding hydrogens is 220 g/mol. The van der Waals surface area contributed by atoms with Crippen LogP contribution in [0.4, 0.5) is 8.78 Å². The summed E-state index contributed by atoms with van der Waals surface area (Å²) >= 11 is 0. The molecule has 0 aromatic heterocycles. The van der Waals surface area contributed by atoms with E-state index in [0.29, 0.717) is 12.3 Å². The first-order valence-electron chi connectivity index (χ1n) is 4.71. The molecule has 0 aliphatic rings. The minimum atomic E-state index is -0.444. The van der Waals surface area contributed by atoms with E-state index in [-0.39, 0.29) is 18.0 Å². The molecule has 1 aromatic carbocycles. The van der Waals surface area contributed by atoms with Gasteiger partial charge in [-0.25, -0.2) is 8.78 Å². The van der Waals surface area contributed by atoms with Gasteiger partial charge in [-0.15, -0.1) is 12.4 Å². The second kappa shape index (κ2) is 6.03. The molecule has 0 unspecified atom stereocenters. The molecular formula is C11H16ClF2N. The lowest BCUT2D eigenvalue weighted by Gasteiger charge is -2.15. The van der Waals surface area contributed by atoms with E-state index in [1.54, 1.807) is 0 Å². The molecule has 0 spiro atoms. The van der Waals surface area contributed by atoms with Crippen molar-refractivity contribution in [2.45, 2.75) is 26.3 Å². The monoisotopic (exact) mass is 235 g/mol. The Morgan fingerprint density at radius 2 is 1.87 bits per heavy atom. The third kappa shape index (κ3) is 4.14. The number of benzene rings is 1. The fourth-order valence-electron chi connectivity index (χ4n) is 1.43. The van der Waals surface area contributed by atoms with Gasteiger partial charge in [0.15, 0.2) is 0 Å². The number of halogens is 3. The lowest BCUT2D eigenvalue weighted by atomic mass is 9.97. The highest BCUT2D eigenvalue weighted by Crippen LogP contribution is 2.22. The third-order valence-electron chi connectivity index (χ3n) is 2.08. The number of rotatable bonds is 3. The van der Waals surface area contributed by atoms with Gasteiger partial charge >= 0.3 is 0 Å². The molecule has 1 rings (SSSR count). The van der Waals surface area contributed by atoms with Crippen molar-refractivity contribution in [1.82, 2.24) is 0 Å². The Balaban J connectivity index is 0.00000196. The summed E-state index contributed by atoms with van der Waals surface area (Å²) in [6, 6.07) is 2.96. The summed E-state index contributed by atoms with van der Waals surface area (Å²) in [6.45, 7) is 3.99. The van der Waals surface area contributed by atoms with Crippen molar-refractivity contribution in [3.8, 4) is 0 Å². The van der Waals surface area contributed by atoms with Crippen molar-refractivity contribution >= 4 is 12.4 Å². The largest absolute Gasteiger partial charge is 0.324 e. The second-order valence-corrected chi connectivity index (χ2v) is 3.90. The Kier molecular flexibility index (Phi) is 5.76. The van der Waals surface area contributed by atoms with E-state index in [4.69, 9.17) is 5.73 Å². The minimum absolute atomic E-state index is 0. The second-order valence-electron chi connectivity index (χ2n) is 3.90. The molecule has 0 aliphatic carbocycles. The summed E-state index contributed by atoms with van der Waals surface area (Å²) in [6.07, 6.45) is 0.653. The van der Waals surface area contributed by atoms with Crippen LogP contribution in [0.15, 0.2) is 18.2 Å². The Labute approximate surface area is 95.1 Å². The van der Waals surface area contributed by atoms with Crippen LogP contribution in [0, 0.1) is 17.6 Å². The lowest BCUT2D eigenvalue weighted by molar-refractivity contribution is 0.484. The van der Waals surface area contributed by atoms with Crippen LogP contribution in [0.2, 0.25) is 0 Å². The van der Waals surface area contributed by atoms with Gasteiger partial charge in [0.2, 0.25) is 0 Å². The number of hydrogen-bond donors (Lipinski definition) is 1. The molecule has 0 fully saturated rings. The zero-order valence-electron chi connectivity index (χ0n) is 8.84. The first-order valence-corrected chi connectivity index (χ1v) is 4.71. The third-order valence-corrected chi connectivity index (χ3v) is 2.08. The molecule has 0 aliphatic heterocycles. The predicted octanol–water partition coefficient (Wildman–Crippen LogP) is 3.43. The fourth-order valence-corrected chi connectivity index (χ4v) is 1.43. The van der Waals surface area contributed by atoms with E-state index >= 15 is 0 Å². The molecule has 0 saturated carbocycles. The average molecular weight is 236 g/mol. The van der Waals surface area contributed by atoms with E-state index in [1.165, 1.54) is 6.07 Å². The van der Waals surface area contributed by atoms with Crippen molar-refractivity contribution in [3.63, 3.8) is 0 Å². The molecule has 1 nitrogen and oxygen atoms in total. The summed E-state index contributed by atoms with van der Waals surface area (Å²) in [7, 11) is 0. The summed E-state index contributed by atoms with van der Waals surface area (Å²) in [4.78, 5) is 0. The molecule has 2 N–H and O–H groups in total. The number of hydrogen-bond acceptors (Lipinski definition) is 1. The van der Waals surface area contributed by atoms with Crippen LogP contribution < -0.4 is 5.73 Å². The Bertz CT molecular complexity index is 315. The van der Waals surface area contributed by atoms with Gasteiger partial charge in [-0.2, -0.15) is 0 Å². The van der Waals surface area contributed by atoms with Crippen LogP contribution in [0.3, 0.4) is 0 Å². The topological polar surface area (TPSA) is 26.0 Å². The Morgan fingerprint density at radius 1 is 1.27 bits per heavy atom. The van der Waals surface area contributed by atoms with Gasteiger partial charge in [0, 0.05) is 11.6 Å². The maximum atomic E-state index is 13.2. The van der Waals surface area contributed by atoms with Crippen LogP contribution in [0.1, 0.15) is 31.9 Å². The Hall–Kier alpha value is -0.670. The van der Waals surface area contributed by atoms with Gasteiger partial charge in [0.1, 0.15) is 11.6 Å². The molecule has 1 atom stereocenters. The first kappa shape index (κ1) is 14.3. The number of nitrogens with two attached hydrogens (primary N) is 1. The molecule has 15 heavy (non-hydrogen) atoms. The van der Waals surface area contributed by atoms with Crippen molar-refractivity contribution in [3.05, 3.63) is 35.4 Å². The van der Waals surface area contributed by atoms with Crippen LogP contribution >= 0.6 is 12.4 Å². The van der Waals surface area contributed by atoms with E-state index in [9.17, 15) is 8.78 Å². The molecule has 0 heterocycles. The Morgan fingerprint density at radius 3 is 2.40 bits per heavy atom. The predicted molar refractivity (Wildman–Crippen MR) is 60.0 cm³/mol. The van der Waals surface area contributed by atoms with Gasteiger partial charge in [-0.1, -0.05) is 13.8 Å². The van der Waals surface area contributed by atoms with Gasteiger partial charge in [0.05, 0.1) is 0 Å². The molecule has 4 heteroatoms. The van der Waals surface area contributed by atoms with Crippen LogP contribution in [0.5, 0.6) is 0 Å². The van der Waals surface area contributed by atoms with E-state index in [2.05, 4.69) is 0 Å². The standard InChI is InChI=1S/C11H15F2N.ClH/c1-7(2)5-11(14)9-6-8(12)3-4-10(9)13;/h3-4,6-7,11H,5,14H2,1-2H3;1H/t11-;/m0./s1. The summed E-state index contributed by atoms with van der Waals surface area (Å²) in [5.41, 5.74) is 6.02. The molecule has 0 radical (unpaired) electrons. The highest BCUT2D eigenvalue weighted by molar-refractivity contribution is 5.85. The SMILES string of the molecule is CC(C)C[C@H](N)c1cc(F)ccc1F.Cl. The van der Waals surface area contributed by atoms with Gasteiger partial charge in [0.25, 0.3) is 0 Å². The van der Waals surface area contributed by atoms with Gasteiger partial charge in [-0.05, 0) is 30.5 Å². The normalized spacial score (nSPS) is 12.4. The zero-order chi connectivity index (χ0) is 10.7. The van der Waals surface area contributed by atoms with E-state index < -0.39 is 17.7 Å². The zero-order valence-corrected chi connectivity index (χ0v) is 9.65. The maximum absolute atomic E-state index is 13.2. The highest BCUT2D eigenvalue weighted by Gasteiger charge is 2.13. The smallest absolute Gasteiger partial charge is 0.128 e. The molecule has 86 valence electrons. The van der Waals surface area contributed by atoms with E-state index in [1.807, 2.05) is 13.8 Å². The summed E-state index contributed by atoms with van der Waals surface area (Å²) < 4.78 is 26.0. The fraction of sp³-hybridized carbons (Fsp3) is 0.455. The van der Waals surface area contributed by atoms with Gasteiger partial charge < -0.3 is 5.73 Å². The lowest BCUT2D eigenvalue weighted by Crippen LogP contribution is -2.14.